The number of anilines is 2. The van der Waals surface area contributed by atoms with Gasteiger partial charge in [0.25, 0.3) is 0 Å². The van der Waals surface area contributed by atoms with Gasteiger partial charge in [0, 0.05) is 67.3 Å². The Morgan fingerprint density at radius 1 is 0.976 bits per heavy atom. The molecular formula is C32H42N6O3. The van der Waals surface area contributed by atoms with Crippen molar-refractivity contribution in [3.8, 4) is 17.4 Å². The Morgan fingerprint density at radius 2 is 1.78 bits per heavy atom. The highest BCUT2D eigenvalue weighted by Crippen LogP contribution is 2.40. The van der Waals surface area contributed by atoms with Crippen molar-refractivity contribution in [1.29, 1.82) is 0 Å². The fourth-order valence-corrected chi connectivity index (χ4v) is 5.74. The molecule has 2 N–H and O–H groups in total. The number of methoxy groups -OCH3 is 2. The minimum Gasteiger partial charge on any atom is -0.494 e. The Kier molecular flexibility index (Phi) is 9.14. The number of hydrogen-bond acceptors (Lipinski definition) is 8. The van der Waals surface area contributed by atoms with Crippen LogP contribution < -0.4 is 19.7 Å². The quantitative estimate of drug-likeness (QED) is 0.225. The smallest absolute Gasteiger partial charge is 0.222 e. The predicted octanol–water partition coefficient (Wildman–Crippen LogP) is 5.34. The van der Waals surface area contributed by atoms with Gasteiger partial charge in [-0.15, -0.1) is 0 Å². The molecule has 0 spiro atoms. The molecule has 218 valence electrons. The minimum absolute atomic E-state index is 0.114. The van der Waals surface area contributed by atoms with Crippen LogP contribution in [-0.4, -0.2) is 78.0 Å². The molecule has 1 saturated heterocycles. The number of benzene rings is 2. The number of hydrogen-bond donors (Lipinski definition) is 2. The second kappa shape index (κ2) is 13.1. The van der Waals surface area contributed by atoms with Crippen LogP contribution in [0.3, 0.4) is 0 Å². The van der Waals surface area contributed by atoms with Crippen molar-refractivity contribution in [2.45, 2.75) is 39.2 Å². The fourth-order valence-electron chi connectivity index (χ4n) is 5.74. The van der Waals surface area contributed by atoms with E-state index in [2.05, 4.69) is 57.3 Å². The molecule has 1 atom stereocenters. The Bertz CT molecular complexity index is 1450. The summed E-state index contributed by atoms with van der Waals surface area (Å²) in [7, 11) is 3.29. The minimum atomic E-state index is -0.114. The van der Waals surface area contributed by atoms with E-state index in [9.17, 15) is 5.11 Å². The normalized spacial score (nSPS) is 14.8. The molecule has 41 heavy (non-hydrogen) atoms. The van der Waals surface area contributed by atoms with E-state index in [0.29, 0.717) is 24.0 Å². The summed E-state index contributed by atoms with van der Waals surface area (Å²) in [5.74, 6) is 2.28. The first-order valence-electron chi connectivity index (χ1n) is 14.6. The van der Waals surface area contributed by atoms with Gasteiger partial charge >= 0.3 is 0 Å². The molecule has 2 aromatic carbocycles. The molecule has 4 aromatic rings. The number of rotatable bonds is 12. The molecule has 0 amide bonds. The molecular weight excluding hydrogens is 516 g/mol. The highest BCUT2D eigenvalue weighted by Gasteiger charge is 2.24. The third-order valence-corrected chi connectivity index (χ3v) is 8.14. The highest BCUT2D eigenvalue weighted by atomic mass is 16.5. The van der Waals surface area contributed by atoms with E-state index in [1.54, 1.807) is 20.4 Å². The van der Waals surface area contributed by atoms with E-state index in [0.717, 1.165) is 74.0 Å². The standard InChI is InChI=1S/C32H42N6O3/c1-5-24-14-16-34-32(35-24)33-15-8-11-27(23-12-13-29(40-3)30(21-23)41-4)38-22-26-25(31(38)39)9-7-10-28(26)37-19-17-36(6-2)18-20-37/h7,9-10,12-14,16,21-22,27,39H,5-6,8,11,15,17-20H2,1-4H3,(H,33,34,35)/t27-/m1/s1. The van der Waals surface area contributed by atoms with Gasteiger partial charge < -0.3 is 34.3 Å². The maximum atomic E-state index is 11.6. The summed E-state index contributed by atoms with van der Waals surface area (Å²) >= 11 is 0. The van der Waals surface area contributed by atoms with E-state index in [1.807, 2.05) is 34.9 Å². The number of aromatic nitrogens is 3. The molecule has 5 rings (SSSR count). The summed E-state index contributed by atoms with van der Waals surface area (Å²) in [4.78, 5) is 13.8. The van der Waals surface area contributed by atoms with Gasteiger partial charge in [-0.05, 0) is 61.7 Å². The molecule has 2 aromatic heterocycles. The number of likely N-dealkylation sites (N-methyl/N-ethyl adjacent to an activating group) is 1. The van der Waals surface area contributed by atoms with Crippen molar-refractivity contribution >= 4 is 22.4 Å². The number of aromatic hydroxyl groups is 1. The summed E-state index contributed by atoms with van der Waals surface area (Å²) in [6.45, 7) is 10.1. The Morgan fingerprint density at radius 3 is 2.51 bits per heavy atom. The zero-order valence-corrected chi connectivity index (χ0v) is 24.6. The molecule has 0 radical (unpaired) electrons. The van der Waals surface area contributed by atoms with Gasteiger partial charge in [0.15, 0.2) is 17.4 Å². The average Bonchev–Trinajstić information content (AvgIpc) is 3.36. The van der Waals surface area contributed by atoms with E-state index in [1.165, 1.54) is 5.69 Å². The summed E-state index contributed by atoms with van der Waals surface area (Å²) in [5, 5.41) is 16.9. The molecule has 9 nitrogen and oxygen atoms in total. The van der Waals surface area contributed by atoms with Crippen LogP contribution >= 0.6 is 0 Å². The molecule has 9 heteroatoms. The number of aryl methyl sites for hydroxylation is 1. The first-order chi connectivity index (χ1) is 20.1. The van der Waals surface area contributed by atoms with Gasteiger partial charge in [-0.2, -0.15) is 0 Å². The van der Waals surface area contributed by atoms with Crippen molar-refractivity contribution in [3.05, 3.63) is 66.1 Å². The lowest BCUT2D eigenvalue weighted by Gasteiger charge is -2.35. The van der Waals surface area contributed by atoms with Crippen molar-refractivity contribution in [3.63, 3.8) is 0 Å². The Balaban J connectivity index is 1.45. The van der Waals surface area contributed by atoms with Crippen LogP contribution in [0.1, 0.15) is 44.0 Å². The van der Waals surface area contributed by atoms with Gasteiger partial charge in [-0.1, -0.05) is 26.0 Å². The van der Waals surface area contributed by atoms with Gasteiger partial charge in [0.1, 0.15) is 0 Å². The molecule has 3 heterocycles. The first-order valence-corrected chi connectivity index (χ1v) is 14.6. The summed E-state index contributed by atoms with van der Waals surface area (Å²) in [6, 6.07) is 14.1. The summed E-state index contributed by atoms with van der Waals surface area (Å²) < 4.78 is 13.2. The summed E-state index contributed by atoms with van der Waals surface area (Å²) in [5.41, 5.74) is 3.23. The van der Waals surface area contributed by atoms with Crippen molar-refractivity contribution < 1.29 is 14.6 Å². The molecule has 1 aliphatic rings. The monoisotopic (exact) mass is 558 g/mol. The highest BCUT2D eigenvalue weighted by molar-refractivity contribution is 5.98. The van der Waals surface area contributed by atoms with Gasteiger partial charge in [-0.3, -0.25) is 0 Å². The van der Waals surface area contributed by atoms with Crippen LogP contribution in [0, 0.1) is 0 Å². The fraction of sp³-hybridized carbons (Fsp3) is 0.438. The average molecular weight is 559 g/mol. The van der Waals surface area contributed by atoms with E-state index in [-0.39, 0.29) is 11.9 Å². The Hall–Kier alpha value is -3.98. The first kappa shape index (κ1) is 28.5. The van der Waals surface area contributed by atoms with Crippen LogP contribution in [0.5, 0.6) is 17.4 Å². The van der Waals surface area contributed by atoms with Crippen molar-refractivity contribution in [2.75, 3.05) is 63.7 Å². The molecule has 0 aliphatic carbocycles. The van der Waals surface area contributed by atoms with Crippen LogP contribution in [0.2, 0.25) is 0 Å². The van der Waals surface area contributed by atoms with Crippen LogP contribution in [0.4, 0.5) is 11.6 Å². The van der Waals surface area contributed by atoms with Crippen molar-refractivity contribution in [1.82, 2.24) is 19.4 Å². The number of nitrogens with zero attached hydrogens (tertiary/aromatic N) is 5. The van der Waals surface area contributed by atoms with Crippen LogP contribution in [0.25, 0.3) is 10.8 Å². The summed E-state index contributed by atoms with van der Waals surface area (Å²) in [6.07, 6.45) is 6.42. The van der Waals surface area contributed by atoms with Gasteiger partial charge in [0.05, 0.1) is 20.3 Å². The number of piperazine rings is 1. The lowest BCUT2D eigenvalue weighted by atomic mass is 10.0. The molecule has 1 aliphatic heterocycles. The zero-order valence-electron chi connectivity index (χ0n) is 24.6. The lowest BCUT2D eigenvalue weighted by molar-refractivity contribution is 0.271. The molecule has 0 bridgehead atoms. The van der Waals surface area contributed by atoms with Gasteiger partial charge in [-0.25, -0.2) is 9.97 Å². The largest absolute Gasteiger partial charge is 0.494 e. The third-order valence-electron chi connectivity index (χ3n) is 8.14. The van der Waals surface area contributed by atoms with E-state index < -0.39 is 0 Å². The van der Waals surface area contributed by atoms with E-state index in [4.69, 9.17) is 9.47 Å². The van der Waals surface area contributed by atoms with E-state index >= 15 is 0 Å². The second-order valence-electron chi connectivity index (χ2n) is 10.4. The van der Waals surface area contributed by atoms with Crippen LogP contribution in [0.15, 0.2) is 54.9 Å². The number of ether oxygens (including phenoxy) is 2. The molecule has 0 unspecified atom stereocenters. The topological polar surface area (TPSA) is 87.9 Å². The second-order valence-corrected chi connectivity index (χ2v) is 10.4. The molecule has 0 saturated carbocycles. The van der Waals surface area contributed by atoms with Crippen molar-refractivity contribution in [2.24, 2.45) is 0 Å². The zero-order chi connectivity index (χ0) is 28.8. The Labute approximate surface area is 242 Å². The van der Waals surface area contributed by atoms with Gasteiger partial charge in [0.2, 0.25) is 5.95 Å². The SMILES string of the molecule is CCc1ccnc(NCCC[C@H](c2ccc(OC)c(OC)c2)n2cc3c(N4CCN(CC)CC4)cccc3c2O)n1. The maximum Gasteiger partial charge on any atom is 0.222 e. The predicted molar refractivity (Wildman–Crippen MR) is 165 cm³/mol. The molecule has 1 fully saturated rings. The number of fused-ring (bicyclic) bond motifs is 1. The lowest BCUT2D eigenvalue weighted by Crippen LogP contribution is -2.46. The number of nitrogens with one attached hydrogen (secondary N) is 1. The maximum absolute atomic E-state index is 11.6. The van der Waals surface area contributed by atoms with Crippen LogP contribution in [-0.2, 0) is 6.42 Å². The third kappa shape index (κ3) is 6.20.